The molecular formula is C19H23NO4. The second-order valence-corrected chi connectivity index (χ2v) is 5.16. The van der Waals surface area contributed by atoms with Crippen molar-refractivity contribution in [2.45, 2.75) is 19.9 Å². The monoisotopic (exact) mass is 329 g/mol. The fourth-order valence-corrected chi connectivity index (χ4v) is 2.13. The standard InChI is InChI=1S/C19H23NO4/c1-3-23-19(21)11-12-20-14-15-7-9-16(10-8-15)24-18-6-4-5-17(13-18)22-2/h4-10,13,20H,3,11-12,14H2,1-2H3. The summed E-state index contributed by atoms with van der Waals surface area (Å²) in [5, 5.41) is 3.22. The van der Waals surface area contributed by atoms with Crippen LogP contribution >= 0.6 is 0 Å². The van der Waals surface area contributed by atoms with Crippen molar-refractivity contribution in [3.05, 3.63) is 54.1 Å². The Morgan fingerprint density at radius 3 is 2.50 bits per heavy atom. The molecule has 0 radical (unpaired) electrons. The third-order valence-electron chi connectivity index (χ3n) is 3.34. The molecule has 2 rings (SSSR count). The van der Waals surface area contributed by atoms with Crippen LogP contribution in [0.2, 0.25) is 0 Å². The molecule has 0 fully saturated rings. The first-order valence-electron chi connectivity index (χ1n) is 7.98. The van der Waals surface area contributed by atoms with Crippen LogP contribution in [0.25, 0.3) is 0 Å². The molecule has 0 bridgehead atoms. The van der Waals surface area contributed by atoms with Crippen LogP contribution < -0.4 is 14.8 Å². The molecule has 24 heavy (non-hydrogen) atoms. The lowest BCUT2D eigenvalue weighted by Gasteiger charge is -2.09. The van der Waals surface area contributed by atoms with Gasteiger partial charge in [-0.3, -0.25) is 4.79 Å². The highest BCUT2D eigenvalue weighted by Crippen LogP contribution is 2.25. The zero-order valence-electron chi connectivity index (χ0n) is 14.1. The van der Waals surface area contributed by atoms with Gasteiger partial charge in [0, 0.05) is 19.2 Å². The average molecular weight is 329 g/mol. The predicted octanol–water partition coefficient (Wildman–Crippen LogP) is 3.53. The lowest BCUT2D eigenvalue weighted by molar-refractivity contribution is -0.142. The van der Waals surface area contributed by atoms with Gasteiger partial charge in [-0.05, 0) is 36.8 Å². The summed E-state index contributed by atoms with van der Waals surface area (Å²) in [6, 6.07) is 15.3. The Kier molecular flexibility index (Phi) is 7.11. The molecule has 2 aromatic carbocycles. The molecular weight excluding hydrogens is 306 g/mol. The number of ether oxygens (including phenoxy) is 3. The quantitative estimate of drug-likeness (QED) is 0.563. The summed E-state index contributed by atoms with van der Waals surface area (Å²) in [4.78, 5) is 11.2. The topological polar surface area (TPSA) is 56.8 Å². The Labute approximate surface area is 142 Å². The largest absolute Gasteiger partial charge is 0.497 e. The summed E-state index contributed by atoms with van der Waals surface area (Å²) in [5.41, 5.74) is 1.12. The predicted molar refractivity (Wildman–Crippen MR) is 92.5 cm³/mol. The van der Waals surface area contributed by atoms with Gasteiger partial charge in [-0.15, -0.1) is 0 Å². The van der Waals surface area contributed by atoms with Gasteiger partial charge in [0.2, 0.25) is 0 Å². The van der Waals surface area contributed by atoms with E-state index in [1.165, 1.54) is 0 Å². The molecule has 0 spiro atoms. The minimum atomic E-state index is -0.174. The van der Waals surface area contributed by atoms with Crippen LogP contribution in [0.4, 0.5) is 0 Å². The number of esters is 1. The molecule has 5 heteroatoms. The van der Waals surface area contributed by atoms with Gasteiger partial charge in [0.15, 0.2) is 0 Å². The highest BCUT2D eigenvalue weighted by atomic mass is 16.5. The zero-order valence-corrected chi connectivity index (χ0v) is 14.1. The number of methoxy groups -OCH3 is 1. The number of hydrogen-bond acceptors (Lipinski definition) is 5. The second-order valence-electron chi connectivity index (χ2n) is 5.16. The maximum absolute atomic E-state index is 11.2. The summed E-state index contributed by atoms with van der Waals surface area (Å²) in [6.45, 7) is 3.52. The van der Waals surface area contributed by atoms with Crippen LogP contribution in [-0.4, -0.2) is 26.2 Å². The van der Waals surface area contributed by atoms with Crippen LogP contribution in [0.5, 0.6) is 17.2 Å². The van der Waals surface area contributed by atoms with E-state index in [0.29, 0.717) is 26.1 Å². The first kappa shape index (κ1) is 17.8. The molecule has 0 aliphatic heterocycles. The third-order valence-corrected chi connectivity index (χ3v) is 3.34. The zero-order chi connectivity index (χ0) is 17.2. The molecule has 0 amide bonds. The molecule has 0 aliphatic carbocycles. The molecule has 1 N–H and O–H groups in total. The first-order valence-corrected chi connectivity index (χ1v) is 7.98. The van der Waals surface area contributed by atoms with E-state index in [4.69, 9.17) is 14.2 Å². The van der Waals surface area contributed by atoms with E-state index in [-0.39, 0.29) is 5.97 Å². The van der Waals surface area contributed by atoms with Crippen molar-refractivity contribution in [1.29, 1.82) is 0 Å². The molecule has 0 saturated heterocycles. The number of nitrogens with one attached hydrogen (secondary N) is 1. The van der Waals surface area contributed by atoms with Crippen molar-refractivity contribution in [3.63, 3.8) is 0 Å². The van der Waals surface area contributed by atoms with Crippen LogP contribution in [0.3, 0.4) is 0 Å². The van der Waals surface area contributed by atoms with Crippen molar-refractivity contribution >= 4 is 5.97 Å². The normalized spacial score (nSPS) is 10.2. The van der Waals surface area contributed by atoms with Gasteiger partial charge in [0.1, 0.15) is 17.2 Å². The van der Waals surface area contributed by atoms with Crippen LogP contribution in [0.15, 0.2) is 48.5 Å². The molecule has 2 aromatic rings. The maximum Gasteiger partial charge on any atom is 0.307 e. The van der Waals surface area contributed by atoms with E-state index in [1.54, 1.807) is 14.0 Å². The fourth-order valence-electron chi connectivity index (χ4n) is 2.13. The smallest absolute Gasteiger partial charge is 0.307 e. The maximum atomic E-state index is 11.2. The van der Waals surface area contributed by atoms with Crippen molar-refractivity contribution in [1.82, 2.24) is 5.32 Å². The third kappa shape index (κ3) is 5.93. The summed E-state index contributed by atoms with van der Waals surface area (Å²) in [5.74, 6) is 2.08. The summed E-state index contributed by atoms with van der Waals surface area (Å²) in [6.07, 6.45) is 0.380. The van der Waals surface area contributed by atoms with Crippen LogP contribution in [-0.2, 0) is 16.1 Å². The molecule has 0 atom stereocenters. The number of rotatable bonds is 9. The van der Waals surface area contributed by atoms with Gasteiger partial charge in [0.25, 0.3) is 0 Å². The SMILES string of the molecule is CCOC(=O)CCNCc1ccc(Oc2cccc(OC)c2)cc1. The molecule has 0 aromatic heterocycles. The highest BCUT2D eigenvalue weighted by molar-refractivity contribution is 5.69. The van der Waals surface area contributed by atoms with Gasteiger partial charge < -0.3 is 19.5 Å². The lowest BCUT2D eigenvalue weighted by atomic mass is 10.2. The van der Waals surface area contributed by atoms with Crippen LogP contribution in [0.1, 0.15) is 18.9 Å². The lowest BCUT2D eigenvalue weighted by Crippen LogP contribution is -2.18. The molecule has 5 nitrogen and oxygen atoms in total. The van der Waals surface area contributed by atoms with Crippen molar-refractivity contribution in [2.75, 3.05) is 20.3 Å². The van der Waals surface area contributed by atoms with Crippen molar-refractivity contribution in [2.24, 2.45) is 0 Å². The highest BCUT2D eigenvalue weighted by Gasteiger charge is 2.02. The Morgan fingerprint density at radius 1 is 1.04 bits per heavy atom. The summed E-state index contributed by atoms with van der Waals surface area (Å²) < 4.78 is 15.9. The fraction of sp³-hybridized carbons (Fsp3) is 0.316. The van der Waals surface area contributed by atoms with Gasteiger partial charge in [-0.2, -0.15) is 0 Å². The minimum absolute atomic E-state index is 0.174. The van der Waals surface area contributed by atoms with Gasteiger partial charge in [-0.1, -0.05) is 18.2 Å². The van der Waals surface area contributed by atoms with E-state index in [0.717, 1.165) is 22.8 Å². The Balaban J connectivity index is 1.79. The van der Waals surface area contributed by atoms with E-state index in [9.17, 15) is 4.79 Å². The van der Waals surface area contributed by atoms with E-state index < -0.39 is 0 Å². The van der Waals surface area contributed by atoms with E-state index in [2.05, 4.69) is 5.32 Å². The van der Waals surface area contributed by atoms with Crippen LogP contribution in [0, 0.1) is 0 Å². The number of carbonyl (C=O) groups is 1. The number of hydrogen-bond donors (Lipinski definition) is 1. The molecule has 0 aliphatic rings. The summed E-state index contributed by atoms with van der Waals surface area (Å²) in [7, 11) is 1.63. The second kappa shape index (κ2) is 9.57. The van der Waals surface area contributed by atoms with Gasteiger partial charge in [-0.25, -0.2) is 0 Å². The van der Waals surface area contributed by atoms with Crippen molar-refractivity contribution in [3.8, 4) is 17.2 Å². The Bertz CT molecular complexity index is 640. The van der Waals surface area contributed by atoms with E-state index >= 15 is 0 Å². The minimum Gasteiger partial charge on any atom is -0.497 e. The molecule has 0 unspecified atom stereocenters. The molecule has 0 saturated carbocycles. The van der Waals surface area contributed by atoms with Gasteiger partial charge in [0.05, 0.1) is 20.1 Å². The molecule has 128 valence electrons. The molecule has 0 heterocycles. The first-order chi connectivity index (χ1) is 11.7. The average Bonchev–Trinajstić information content (AvgIpc) is 2.60. The van der Waals surface area contributed by atoms with E-state index in [1.807, 2.05) is 48.5 Å². The number of benzene rings is 2. The van der Waals surface area contributed by atoms with Gasteiger partial charge >= 0.3 is 5.97 Å². The Morgan fingerprint density at radius 2 is 1.79 bits per heavy atom. The Hall–Kier alpha value is -2.53. The summed E-state index contributed by atoms with van der Waals surface area (Å²) >= 11 is 0. The number of carbonyl (C=O) groups excluding carboxylic acids is 1. The van der Waals surface area contributed by atoms with Crippen molar-refractivity contribution < 1.29 is 19.0 Å².